The first kappa shape index (κ1) is 13.1. The molecule has 18 heavy (non-hydrogen) atoms. The van der Waals surface area contributed by atoms with Crippen LogP contribution in [0, 0.1) is 13.8 Å². The molecule has 0 aromatic carbocycles. The maximum atomic E-state index is 11.2. The molecule has 1 aromatic heterocycles. The van der Waals surface area contributed by atoms with Gasteiger partial charge in [-0.15, -0.1) is 0 Å². The minimum absolute atomic E-state index is 0.116. The Morgan fingerprint density at radius 2 is 2.28 bits per heavy atom. The van der Waals surface area contributed by atoms with Crippen molar-refractivity contribution in [3.8, 4) is 0 Å². The zero-order chi connectivity index (χ0) is 13.5. The van der Waals surface area contributed by atoms with E-state index in [1.54, 1.807) is 0 Å². The molecule has 1 aromatic rings. The van der Waals surface area contributed by atoms with E-state index in [4.69, 9.17) is 10.8 Å². The molecular formula is C13H21N3O2. The van der Waals surface area contributed by atoms with Crippen LogP contribution < -0.4 is 5.73 Å². The maximum absolute atomic E-state index is 11.2. The average Bonchev–Trinajstić information content (AvgIpc) is 2.82. The van der Waals surface area contributed by atoms with E-state index >= 15 is 0 Å². The van der Waals surface area contributed by atoms with Gasteiger partial charge in [-0.25, -0.2) is 0 Å². The molecule has 1 heterocycles. The molecule has 0 saturated heterocycles. The molecule has 1 aliphatic rings. The normalized spacial score (nSPS) is 27.7. The highest BCUT2D eigenvalue weighted by Crippen LogP contribution is 2.37. The van der Waals surface area contributed by atoms with Crippen LogP contribution in [0.15, 0.2) is 0 Å². The summed E-state index contributed by atoms with van der Waals surface area (Å²) in [4.78, 5) is 11.2. The first-order valence-corrected chi connectivity index (χ1v) is 6.46. The van der Waals surface area contributed by atoms with Gasteiger partial charge in [0.05, 0.1) is 11.7 Å². The first-order chi connectivity index (χ1) is 8.39. The lowest BCUT2D eigenvalue weighted by Crippen LogP contribution is -2.45. The minimum Gasteiger partial charge on any atom is -0.480 e. The third kappa shape index (κ3) is 1.92. The van der Waals surface area contributed by atoms with Gasteiger partial charge in [-0.1, -0.05) is 6.92 Å². The number of carboxylic acids is 1. The van der Waals surface area contributed by atoms with Crippen molar-refractivity contribution in [3.63, 3.8) is 0 Å². The number of aromatic nitrogens is 2. The van der Waals surface area contributed by atoms with Crippen molar-refractivity contribution in [1.29, 1.82) is 0 Å². The molecule has 2 atom stereocenters. The Balaban J connectivity index is 2.27. The summed E-state index contributed by atoms with van der Waals surface area (Å²) in [5, 5.41) is 13.7. The number of carbonyl (C=O) groups is 1. The topological polar surface area (TPSA) is 81.1 Å². The second kappa shape index (κ2) is 4.39. The van der Waals surface area contributed by atoms with E-state index in [0.29, 0.717) is 12.8 Å². The molecule has 0 spiro atoms. The summed E-state index contributed by atoms with van der Waals surface area (Å²) in [6, 6.07) is 0.116. The number of carboxylic acid groups (broad SMARTS) is 1. The molecule has 0 radical (unpaired) electrons. The van der Waals surface area contributed by atoms with Crippen LogP contribution in [-0.4, -0.2) is 26.4 Å². The fraction of sp³-hybridized carbons (Fsp3) is 0.692. The Bertz CT molecular complexity index is 481. The summed E-state index contributed by atoms with van der Waals surface area (Å²) < 4.78 is 1.98. The van der Waals surface area contributed by atoms with Gasteiger partial charge in [0.15, 0.2) is 0 Å². The smallest absolute Gasteiger partial charge is 0.323 e. The average molecular weight is 251 g/mol. The summed E-state index contributed by atoms with van der Waals surface area (Å²) in [6.07, 6.45) is 2.73. The largest absolute Gasteiger partial charge is 0.480 e. The molecule has 100 valence electrons. The summed E-state index contributed by atoms with van der Waals surface area (Å²) in [5.41, 5.74) is 8.29. The molecule has 5 heteroatoms. The summed E-state index contributed by atoms with van der Waals surface area (Å²) in [6.45, 7) is 6.17. The Morgan fingerprint density at radius 3 is 2.72 bits per heavy atom. The van der Waals surface area contributed by atoms with Crippen molar-refractivity contribution < 1.29 is 9.90 Å². The molecule has 2 unspecified atom stereocenters. The second-order valence-electron chi connectivity index (χ2n) is 5.31. The zero-order valence-corrected chi connectivity index (χ0v) is 11.2. The number of nitrogens with zero attached hydrogens (tertiary/aromatic N) is 2. The molecule has 0 bridgehead atoms. The van der Waals surface area contributed by atoms with Gasteiger partial charge in [0, 0.05) is 5.69 Å². The van der Waals surface area contributed by atoms with Crippen molar-refractivity contribution in [3.05, 3.63) is 17.0 Å². The van der Waals surface area contributed by atoms with Crippen LogP contribution in [0.2, 0.25) is 0 Å². The van der Waals surface area contributed by atoms with Gasteiger partial charge in [-0.2, -0.15) is 5.10 Å². The van der Waals surface area contributed by atoms with Crippen LogP contribution in [0.25, 0.3) is 0 Å². The molecule has 1 saturated carbocycles. The fourth-order valence-corrected chi connectivity index (χ4v) is 3.02. The molecule has 3 N–H and O–H groups in total. The number of rotatable bonds is 3. The standard InChI is InChI=1S/C13H21N3O2/c1-4-11-8(2)15-16(9(11)3)10-5-6-13(14,7-10)12(17)18/h10H,4-7,14H2,1-3H3,(H,17,18). The van der Waals surface area contributed by atoms with Crippen molar-refractivity contribution in [2.45, 2.75) is 58.0 Å². The Labute approximate surface area is 107 Å². The number of aryl methyl sites for hydroxylation is 1. The van der Waals surface area contributed by atoms with Gasteiger partial charge in [-0.05, 0) is 45.1 Å². The van der Waals surface area contributed by atoms with Gasteiger partial charge in [0.25, 0.3) is 0 Å². The van der Waals surface area contributed by atoms with Crippen molar-refractivity contribution in [2.24, 2.45) is 5.73 Å². The number of aliphatic carboxylic acids is 1. The summed E-state index contributed by atoms with van der Waals surface area (Å²) >= 11 is 0. The van der Waals surface area contributed by atoms with Crippen molar-refractivity contribution in [1.82, 2.24) is 9.78 Å². The lowest BCUT2D eigenvalue weighted by Gasteiger charge is -2.19. The predicted molar refractivity (Wildman–Crippen MR) is 68.5 cm³/mol. The van der Waals surface area contributed by atoms with Gasteiger partial charge < -0.3 is 10.8 Å². The van der Waals surface area contributed by atoms with Crippen molar-refractivity contribution in [2.75, 3.05) is 0 Å². The van der Waals surface area contributed by atoms with Crippen molar-refractivity contribution >= 4 is 5.97 Å². The monoisotopic (exact) mass is 251 g/mol. The highest BCUT2D eigenvalue weighted by atomic mass is 16.4. The van der Waals surface area contributed by atoms with Crippen LogP contribution >= 0.6 is 0 Å². The highest BCUT2D eigenvalue weighted by molar-refractivity contribution is 5.78. The van der Waals surface area contributed by atoms with E-state index in [-0.39, 0.29) is 6.04 Å². The van der Waals surface area contributed by atoms with Crippen LogP contribution in [0.3, 0.4) is 0 Å². The Kier molecular flexibility index (Phi) is 3.19. The zero-order valence-electron chi connectivity index (χ0n) is 11.2. The number of nitrogens with two attached hydrogens (primary N) is 1. The van der Waals surface area contributed by atoms with Gasteiger partial charge in [0.2, 0.25) is 0 Å². The van der Waals surface area contributed by atoms with Gasteiger partial charge in [0.1, 0.15) is 5.54 Å². The first-order valence-electron chi connectivity index (χ1n) is 6.46. The van der Waals surface area contributed by atoms with E-state index in [2.05, 4.69) is 18.9 Å². The maximum Gasteiger partial charge on any atom is 0.323 e. The highest BCUT2D eigenvalue weighted by Gasteiger charge is 2.43. The molecular weight excluding hydrogens is 230 g/mol. The van der Waals surface area contributed by atoms with Gasteiger partial charge in [-0.3, -0.25) is 9.48 Å². The van der Waals surface area contributed by atoms with Crippen LogP contribution in [0.1, 0.15) is 49.2 Å². The molecule has 2 rings (SSSR count). The minimum atomic E-state index is -1.08. The van der Waals surface area contributed by atoms with Crippen LogP contribution in [0.4, 0.5) is 0 Å². The molecule has 1 aliphatic carbocycles. The predicted octanol–water partition coefficient (Wildman–Crippen LogP) is 1.57. The lowest BCUT2D eigenvalue weighted by atomic mass is 9.99. The number of hydrogen-bond donors (Lipinski definition) is 2. The van der Waals surface area contributed by atoms with E-state index in [9.17, 15) is 4.79 Å². The Morgan fingerprint density at radius 1 is 1.61 bits per heavy atom. The number of hydrogen-bond acceptors (Lipinski definition) is 3. The SMILES string of the molecule is CCc1c(C)nn(C2CCC(N)(C(=O)O)C2)c1C. The summed E-state index contributed by atoms with van der Waals surface area (Å²) in [7, 11) is 0. The lowest BCUT2D eigenvalue weighted by molar-refractivity contribution is -0.143. The molecule has 5 nitrogen and oxygen atoms in total. The van der Waals surface area contributed by atoms with E-state index in [1.807, 2.05) is 11.6 Å². The summed E-state index contributed by atoms with van der Waals surface area (Å²) in [5.74, 6) is -0.901. The quantitative estimate of drug-likeness (QED) is 0.854. The van der Waals surface area contributed by atoms with Crippen LogP contribution in [0.5, 0.6) is 0 Å². The van der Waals surface area contributed by atoms with Gasteiger partial charge >= 0.3 is 5.97 Å². The molecule has 0 amide bonds. The third-order valence-electron chi connectivity index (χ3n) is 4.12. The van der Waals surface area contributed by atoms with E-state index < -0.39 is 11.5 Å². The van der Waals surface area contributed by atoms with Crippen LogP contribution in [-0.2, 0) is 11.2 Å². The molecule has 0 aliphatic heterocycles. The van der Waals surface area contributed by atoms with E-state index in [1.165, 1.54) is 5.56 Å². The third-order valence-corrected chi connectivity index (χ3v) is 4.12. The fourth-order valence-electron chi connectivity index (χ4n) is 3.02. The second-order valence-corrected chi connectivity index (χ2v) is 5.31. The molecule has 1 fully saturated rings. The Hall–Kier alpha value is -1.36. The van der Waals surface area contributed by atoms with E-state index in [0.717, 1.165) is 24.2 Å².